The fourth-order valence-corrected chi connectivity index (χ4v) is 2.05. The zero-order valence-corrected chi connectivity index (χ0v) is 9.83. The van der Waals surface area contributed by atoms with E-state index in [0.29, 0.717) is 6.04 Å². The Morgan fingerprint density at radius 2 is 2.06 bits per heavy atom. The first-order valence-electron chi connectivity index (χ1n) is 5.95. The Morgan fingerprint density at radius 3 is 2.69 bits per heavy atom. The molecule has 1 heterocycles. The number of hydrogen-bond acceptors (Lipinski definition) is 3. The van der Waals surface area contributed by atoms with Crippen molar-refractivity contribution in [1.82, 2.24) is 10.6 Å². The van der Waals surface area contributed by atoms with E-state index in [4.69, 9.17) is 4.74 Å². The fourth-order valence-electron chi connectivity index (χ4n) is 2.05. The number of methoxy groups -OCH3 is 1. The maximum Gasteiger partial charge on any atom is 0.118 e. The molecule has 0 unspecified atom stereocenters. The van der Waals surface area contributed by atoms with Gasteiger partial charge in [-0.2, -0.15) is 0 Å². The first kappa shape index (κ1) is 11.4. The van der Waals surface area contributed by atoms with Gasteiger partial charge in [-0.3, -0.25) is 0 Å². The molecule has 1 aliphatic heterocycles. The molecule has 0 spiro atoms. The average molecular weight is 220 g/mol. The van der Waals surface area contributed by atoms with Crippen LogP contribution in [0.25, 0.3) is 0 Å². The Labute approximate surface area is 97.2 Å². The van der Waals surface area contributed by atoms with E-state index >= 15 is 0 Å². The molecule has 3 nitrogen and oxygen atoms in total. The monoisotopic (exact) mass is 220 g/mol. The highest BCUT2D eigenvalue weighted by molar-refractivity contribution is 5.27. The van der Waals surface area contributed by atoms with Gasteiger partial charge in [0.05, 0.1) is 7.11 Å². The van der Waals surface area contributed by atoms with Gasteiger partial charge in [-0.1, -0.05) is 12.1 Å². The fraction of sp³-hybridized carbons (Fsp3) is 0.538. The number of benzene rings is 1. The zero-order valence-electron chi connectivity index (χ0n) is 9.83. The van der Waals surface area contributed by atoms with Crippen LogP contribution in [0.5, 0.6) is 5.75 Å². The summed E-state index contributed by atoms with van der Waals surface area (Å²) in [5.41, 5.74) is 1.38. The van der Waals surface area contributed by atoms with Crippen molar-refractivity contribution >= 4 is 0 Å². The van der Waals surface area contributed by atoms with Crippen LogP contribution in [0.2, 0.25) is 0 Å². The SMILES string of the molecule is COc1ccc(CC[C@@H]2CNCCN2)cc1. The zero-order chi connectivity index (χ0) is 11.2. The number of nitrogens with one attached hydrogen (secondary N) is 2. The lowest BCUT2D eigenvalue weighted by atomic mass is 10.0. The standard InChI is InChI=1S/C13H20N2O/c1-16-13-6-3-11(4-7-13)2-5-12-10-14-8-9-15-12/h3-4,6-7,12,14-15H,2,5,8-10H2,1H3/t12-/m1/s1. The molecular weight excluding hydrogens is 200 g/mol. The smallest absolute Gasteiger partial charge is 0.118 e. The summed E-state index contributed by atoms with van der Waals surface area (Å²) in [5.74, 6) is 0.932. The molecule has 2 rings (SSSR count). The Balaban J connectivity index is 1.79. The molecule has 0 aromatic heterocycles. The summed E-state index contributed by atoms with van der Waals surface area (Å²) in [6, 6.07) is 8.98. The van der Waals surface area contributed by atoms with E-state index < -0.39 is 0 Å². The Hall–Kier alpha value is -1.06. The van der Waals surface area contributed by atoms with Gasteiger partial charge in [0, 0.05) is 25.7 Å². The van der Waals surface area contributed by atoms with E-state index in [1.807, 2.05) is 12.1 Å². The van der Waals surface area contributed by atoms with E-state index in [-0.39, 0.29) is 0 Å². The van der Waals surface area contributed by atoms with Gasteiger partial charge in [-0.15, -0.1) is 0 Å². The summed E-state index contributed by atoms with van der Waals surface area (Å²) >= 11 is 0. The highest BCUT2D eigenvalue weighted by atomic mass is 16.5. The van der Waals surface area contributed by atoms with Gasteiger partial charge in [0.2, 0.25) is 0 Å². The van der Waals surface area contributed by atoms with E-state index in [9.17, 15) is 0 Å². The molecule has 1 saturated heterocycles. The minimum atomic E-state index is 0.621. The van der Waals surface area contributed by atoms with Crippen LogP contribution in [-0.2, 0) is 6.42 Å². The van der Waals surface area contributed by atoms with E-state index in [1.54, 1.807) is 7.11 Å². The van der Waals surface area contributed by atoms with Crippen molar-refractivity contribution in [2.45, 2.75) is 18.9 Å². The molecule has 16 heavy (non-hydrogen) atoms. The van der Waals surface area contributed by atoms with Gasteiger partial charge in [-0.05, 0) is 30.5 Å². The van der Waals surface area contributed by atoms with Crippen molar-refractivity contribution in [2.24, 2.45) is 0 Å². The minimum Gasteiger partial charge on any atom is -0.497 e. The van der Waals surface area contributed by atoms with Crippen molar-refractivity contribution in [2.75, 3.05) is 26.7 Å². The summed E-state index contributed by atoms with van der Waals surface area (Å²) in [7, 11) is 1.70. The van der Waals surface area contributed by atoms with Crippen molar-refractivity contribution in [3.8, 4) is 5.75 Å². The van der Waals surface area contributed by atoms with Gasteiger partial charge in [0.25, 0.3) is 0 Å². The summed E-state index contributed by atoms with van der Waals surface area (Å²) in [5, 5.41) is 6.93. The molecule has 1 atom stereocenters. The maximum absolute atomic E-state index is 5.14. The lowest BCUT2D eigenvalue weighted by molar-refractivity contribution is 0.399. The topological polar surface area (TPSA) is 33.3 Å². The first-order chi connectivity index (χ1) is 7.88. The molecular formula is C13H20N2O. The minimum absolute atomic E-state index is 0.621. The molecule has 1 aliphatic rings. The normalized spacial score (nSPS) is 20.7. The van der Waals surface area contributed by atoms with Gasteiger partial charge in [-0.25, -0.2) is 0 Å². The molecule has 0 amide bonds. The Bertz CT molecular complexity index is 304. The third-order valence-electron chi connectivity index (χ3n) is 3.07. The largest absolute Gasteiger partial charge is 0.497 e. The molecule has 88 valence electrons. The van der Waals surface area contributed by atoms with Crippen LogP contribution in [0.15, 0.2) is 24.3 Å². The van der Waals surface area contributed by atoms with Crippen LogP contribution in [0.4, 0.5) is 0 Å². The third kappa shape index (κ3) is 3.22. The molecule has 2 N–H and O–H groups in total. The van der Waals surface area contributed by atoms with Gasteiger partial charge >= 0.3 is 0 Å². The average Bonchev–Trinajstić information content (AvgIpc) is 2.38. The van der Waals surface area contributed by atoms with Crippen LogP contribution >= 0.6 is 0 Å². The van der Waals surface area contributed by atoms with E-state index in [2.05, 4.69) is 22.8 Å². The van der Waals surface area contributed by atoms with Crippen molar-refractivity contribution in [3.05, 3.63) is 29.8 Å². The molecule has 1 fully saturated rings. The summed E-state index contributed by atoms with van der Waals surface area (Å²) in [6.45, 7) is 3.28. The molecule has 3 heteroatoms. The van der Waals surface area contributed by atoms with E-state index in [1.165, 1.54) is 12.0 Å². The first-order valence-corrected chi connectivity index (χ1v) is 5.95. The molecule has 0 saturated carbocycles. The highest BCUT2D eigenvalue weighted by Crippen LogP contribution is 2.13. The number of aryl methyl sites for hydroxylation is 1. The maximum atomic E-state index is 5.14. The number of piperazine rings is 1. The number of rotatable bonds is 4. The molecule has 1 aromatic carbocycles. The molecule has 0 radical (unpaired) electrons. The third-order valence-corrected chi connectivity index (χ3v) is 3.07. The van der Waals surface area contributed by atoms with Gasteiger partial charge in [0.15, 0.2) is 0 Å². The summed E-state index contributed by atoms with van der Waals surface area (Å²) in [6.07, 6.45) is 2.32. The van der Waals surface area contributed by atoms with Crippen LogP contribution in [0.1, 0.15) is 12.0 Å². The van der Waals surface area contributed by atoms with Crippen molar-refractivity contribution < 1.29 is 4.74 Å². The quantitative estimate of drug-likeness (QED) is 0.799. The van der Waals surface area contributed by atoms with Crippen LogP contribution in [-0.4, -0.2) is 32.8 Å². The van der Waals surface area contributed by atoms with E-state index in [0.717, 1.165) is 31.8 Å². The second-order valence-electron chi connectivity index (χ2n) is 4.24. The highest BCUT2D eigenvalue weighted by Gasteiger charge is 2.11. The second-order valence-corrected chi connectivity index (χ2v) is 4.24. The number of ether oxygens (including phenoxy) is 1. The molecule has 0 bridgehead atoms. The number of hydrogen-bond donors (Lipinski definition) is 2. The Kier molecular flexibility index (Phi) is 4.19. The lowest BCUT2D eigenvalue weighted by Gasteiger charge is -2.24. The molecule has 1 aromatic rings. The Morgan fingerprint density at radius 1 is 1.25 bits per heavy atom. The lowest BCUT2D eigenvalue weighted by Crippen LogP contribution is -2.48. The van der Waals surface area contributed by atoms with Crippen LogP contribution in [0.3, 0.4) is 0 Å². The van der Waals surface area contributed by atoms with Crippen LogP contribution < -0.4 is 15.4 Å². The van der Waals surface area contributed by atoms with Crippen molar-refractivity contribution in [1.29, 1.82) is 0 Å². The van der Waals surface area contributed by atoms with Crippen LogP contribution in [0, 0.1) is 0 Å². The predicted octanol–water partition coefficient (Wildman–Crippen LogP) is 1.19. The summed E-state index contributed by atoms with van der Waals surface area (Å²) in [4.78, 5) is 0. The van der Waals surface area contributed by atoms with Gasteiger partial charge in [0.1, 0.15) is 5.75 Å². The molecule has 0 aliphatic carbocycles. The van der Waals surface area contributed by atoms with Gasteiger partial charge < -0.3 is 15.4 Å². The van der Waals surface area contributed by atoms with Crippen molar-refractivity contribution in [3.63, 3.8) is 0 Å². The predicted molar refractivity (Wildman–Crippen MR) is 66.0 cm³/mol. The second kappa shape index (κ2) is 5.87. The summed E-state index contributed by atoms with van der Waals surface area (Å²) < 4.78 is 5.14.